The first kappa shape index (κ1) is 14.1. The van der Waals surface area contributed by atoms with Crippen molar-refractivity contribution in [1.82, 2.24) is 15.3 Å². The van der Waals surface area contributed by atoms with Crippen LogP contribution in [-0.2, 0) is 6.42 Å². The van der Waals surface area contributed by atoms with E-state index in [0.717, 1.165) is 35.8 Å². The van der Waals surface area contributed by atoms with Crippen molar-refractivity contribution in [3.8, 4) is 0 Å². The van der Waals surface area contributed by atoms with Gasteiger partial charge in [0, 0.05) is 29.9 Å². The van der Waals surface area contributed by atoms with Crippen molar-refractivity contribution < 1.29 is 0 Å². The molecular formula is C15H20ClN3. The first-order valence-electron chi connectivity index (χ1n) is 6.68. The van der Waals surface area contributed by atoms with Gasteiger partial charge in [-0.3, -0.25) is 0 Å². The number of hydrogen-bond donors (Lipinski definition) is 2. The van der Waals surface area contributed by atoms with Gasteiger partial charge in [-0.05, 0) is 37.1 Å². The van der Waals surface area contributed by atoms with Gasteiger partial charge in [-0.15, -0.1) is 0 Å². The number of aryl methyl sites for hydroxylation is 1. The highest BCUT2D eigenvalue weighted by atomic mass is 35.5. The Morgan fingerprint density at radius 1 is 1.42 bits per heavy atom. The zero-order chi connectivity index (χ0) is 13.7. The molecule has 0 fully saturated rings. The van der Waals surface area contributed by atoms with Crippen LogP contribution in [0.4, 0.5) is 0 Å². The molecule has 0 aliphatic carbocycles. The number of aromatic amines is 1. The first-order valence-corrected chi connectivity index (χ1v) is 7.06. The second-order valence-corrected chi connectivity index (χ2v) is 5.16. The molecule has 1 atom stereocenters. The van der Waals surface area contributed by atoms with E-state index in [-0.39, 0.29) is 6.04 Å². The van der Waals surface area contributed by atoms with Gasteiger partial charge in [-0.25, -0.2) is 4.98 Å². The Hall–Kier alpha value is -1.32. The summed E-state index contributed by atoms with van der Waals surface area (Å²) in [7, 11) is 0. The van der Waals surface area contributed by atoms with E-state index in [0.29, 0.717) is 0 Å². The van der Waals surface area contributed by atoms with Gasteiger partial charge in [0.25, 0.3) is 0 Å². The zero-order valence-corrected chi connectivity index (χ0v) is 12.2. The van der Waals surface area contributed by atoms with Gasteiger partial charge in [0.15, 0.2) is 0 Å². The first-order chi connectivity index (χ1) is 9.20. The number of hydrogen-bond acceptors (Lipinski definition) is 2. The Kier molecular flexibility index (Phi) is 5.00. The number of rotatable bonds is 6. The van der Waals surface area contributed by atoms with Crippen LogP contribution in [0.2, 0.25) is 5.02 Å². The minimum atomic E-state index is 0.240. The highest BCUT2D eigenvalue weighted by Crippen LogP contribution is 2.23. The molecule has 1 unspecified atom stereocenters. The van der Waals surface area contributed by atoms with Gasteiger partial charge in [0.2, 0.25) is 0 Å². The summed E-state index contributed by atoms with van der Waals surface area (Å²) in [5.74, 6) is 0.991. The Bertz CT molecular complexity index is 508. The number of nitrogens with zero attached hydrogens (tertiary/aromatic N) is 1. The van der Waals surface area contributed by atoms with E-state index in [9.17, 15) is 0 Å². The Morgan fingerprint density at radius 2 is 2.26 bits per heavy atom. The molecule has 0 aliphatic heterocycles. The third-order valence-electron chi connectivity index (χ3n) is 3.19. The lowest BCUT2D eigenvalue weighted by molar-refractivity contribution is 0.520. The van der Waals surface area contributed by atoms with Crippen molar-refractivity contribution in [3.05, 3.63) is 52.6 Å². The number of aromatic nitrogens is 2. The van der Waals surface area contributed by atoms with E-state index >= 15 is 0 Å². The summed E-state index contributed by atoms with van der Waals surface area (Å²) in [6.45, 7) is 5.17. The van der Waals surface area contributed by atoms with Crippen LogP contribution < -0.4 is 5.32 Å². The van der Waals surface area contributed by atoms with Gasteiger partial charge in [0.05, 0.1) is 0 Å². The second-order valence-electron chi connectivity index (χ2n) is 4.76. The van der Waals surface area contributed by atoms with Gasteiger partial charge in [0.1, 0.15) is 5.82 Å². The topological polar surface area (TPSA) is 40.7 Å². The van der Waals surface area contributed by atoms with E-state index in [4.69, 9.17) is 11.6 Å². The normalized spacial score (nSPS) is 12.6. The lowest BCUT2D eigenvalue weighted by Gasteiger charge is -2.18. The van der Waals surface area contributed by atoms with Crippen molar-refractivity contribution in [2.24, 2.45) is 0 Å². The van der Waals surface area contributed by atoms with Crippen LogP contribution in [0, 0.1) is 6.92 Å². The van der Waals surface area contributed by atoms with Crippen LogP contribution in [-0.4, -0.2) is 16.5 Å². The summed E-state index contributed by atoms with van der Waals surface area (Å²) >= 11 is 6.22. The SMILES string of the molecule is CCCNC(Cc1ncc[nH]1)c1ccc(C)c(Cl)c1. The van der Waals surface area contributed by atoms with Crippen LogP contribution in [0.3, 0.4) is 0 Å². The zero-order valence-electron chi connectivity index (χ0n) is 11.4. The minimum Gasteiger partial charge on any atom is -0.349 e. The van der Waals surface area contributed by atoms with E-state index in [1.165, 1.54) is 5.56 Å². The summed E-state index contributed by atoms with van der Waals surface area (Å²) in [6, 6.07) is 6.50. The maximum atomic E-state index is 6.22. The van der Waals surface area contributed by atoms with E-state index < -0.39 is 0 Å². The van der Waals surface area contributed by atoms with E-state index in [2.05, 4.69) is 34.3 Å². The van der Waals surface area contributed by atoms with Crippen molar-refractivity contribution in [2.75, 3.05) is 6.54 Å². The number of H-pyrrole nitrogens is 1. The predicted octanol–water partition coefficient (Wildman–Crippen LogP) is 3.65. The highest BCUT2D eigenvalue weighted by Gasteiger charge is 2.13. The van der Waals surface area contributed by atoms with E-state index in [1.807, 2.05) is 19.2 Å². The quantitative estimate of drug-likeness (QED) is 0.846. The molecule has 0 aliphatic rings. The molecule has 2 rings (SSSR count). The fraction of sp³-hybridized carbons (Fsp3) is 0.400. The summed E-state index contributed by atoms with van der Waals surface area (Å²) in [4.78, 5) is 7.46. The van der Waals surface area contributed by atoms with Crippen LogP contribution in [0.25, 0.3) is 0 Å². The van der Waals surface area contributed by atoms with Crippen LogP contribution in [0.15, 0.2) is 30.6 Å². The molecule has 2 aromatic rings. The van der Waals surface area contributed by atoms with Crippen molar-refractivity contribution >= 4 is 11.6 Å². The third kappa shape index (κ3) is 3.82. The summed E-state index contributed by atoms with van der Waals surface area (Å²) < 4.78 is 0. The molecule has 1 aromatic heterocycles. The molecule has 0 amide bonds. The maximum Gasteiger partial charge on any atom is 0.107 e. The van der Waals surface area contributed by atoms with Crippen molar-refractivity contribution in [2.45, 2.75) is 32.7 Å². The Balaban J connectivity index is 2.18. The summed E-state index contributed by atoms with van der Waals surface area (Å²) in [5.41, 5.74) is 2.32. The average molecular weight is 278 g/mol. The molecule has 3 nitrogen and oxygen atoms in total. The molecule has 102 valence electrons. The predicted molar refractivity (Wildman–Crippen MR) is 79.5 cm³/mol. The number of halogens is 1. The lowest BCUT2D eigenvalue weighted by Crippen LogP contribution is -2.24. The smallest absolute Gasteiger partial charge is 0.107 e. The molecule has 4 heteroatoms. The Labute approximate surface area is 119 Å². The standard InChI is InChI=1S/C15H20ClN3/c1-3-6-17-14(10-15-18-7-8-19-15)12-5-4-11(2)13(16)9-12/h4-5,7-9,14,17H,3,6,10H2,1-2H3,(H,18,19). The van der Waals surface area contributed by atoms with Crippen molar-refractivity contribution in [3.63, 3.8) is 0 Å². The summed E-state index contributed by atoms with van der Waals surface area (Å²) in [6.07, 6.45) is 5.59. The maximum absolute atomic E-state index is 6.22. The van der Waals surface area contributed by atoms with Crippen LogP contribution >= 0.6 is 11.6 Å². The fourth-order valence-electron chi connectivity index (χ4n) is 2.06. The van der Waals surface area contributed by atoms with Crippen LogP contribution in [0.1, 0.15) is 36.3 Å². The molecule has 2 N–H and O–H groups in total. The molecule has 0 saturated carbocycles. The largest absolute Gasteiger partial charge is 0.349 e. The molecule has 1 aromatic carbocycles. The van der Waals surface area contributed by atoms with E-state index in [1.54, 1.807) is 6.20 Å². The minimum absolute atomic E-state index is 0.240. The van der Waals surface area contributed by atoms with Gasteiger partial charge in [-0.1, -0.05) is 30.7 Å². The van der Waals surface area contributed by atoms with Gasteiger partial charge < -0.3 is 10.3 Å². The second kappa shape index (κ2) is 6.73. The molecule has 0 radical (unpaired) electrons. The molecule has 19 heavy (non-hydrogen) atoms. The third-order valence-corrected chi connectivity index (χ3v) is 3.60. The molecule has 1 heterocycles. The van der Waals surface area contributed by atoms with Crippen LogP contribution in [0.5, 0.6) is 0 Å². The molecular weight excluding hydrogens is 258 g/mol. The number of imidazole rings is 1. The van der Waals surface area contributed by atoms with Gasteiger partial charge >= 0.3 is 0 Å². The molecule has 0 bridgehead atoms. The molecule has 0 saturated heterocycles. The molecule has 0 spiro atoms. The lowest BCUT2D eigenvalue weighted by atomic mass is 10.0. The fourth-order valence-corrected chi connectivity index (χ4v) is 2.24. The number of nitrogens with one attached hydrogen (secondary N) is 2. The summed E-state index contributed by atoms with van der Waals surface area (Å²) in [5, 5.41) is 4.37. The Morgan fingerprint density at radius 3 is 2.89 bits per heavy atom. The number of benzene rings is 1. The average Bonchev–Trinajstić information content (AvgIpc) is 2.91. The van der Waals surface area contributed by atoms with Crippen molar-refractivity contribution in [1.29, 1.82) is 0 Å². The van der Waals surface area contributed by atoms with Gasteiger partial charge in [-0.2, -0.15) is 0 Å². The monoisotopic (exact) mass is 277 g/mol. The highest BCUT2D eigenvalue weighted by molar-refractivity contribution is 6.31.